The van der Waals surface area contributed by atoms with Crippen molar-refractivity contribution < 1.29 is 4.74 Å². The minimum atomic E-state index is -0.00533. The molecule has 0 aliphatic heterocycles. The fourth-order valence-corrected chi connectivity index (χ4v) is 2.49. The van der Waals surface area contributed by atoms with Gasteiger partial charge in [-0.1, -0.05) is 28.1 Å². The van der Waals surface area contributed by atoms with Gasteiger partial charge in [0.05, 0.1) is 23.8 Å². The van der Waals surface area contributed by atoms with E-state index in [0.29, 0.717) is 18.5 Å². The fourth-order valence-electron chi connectivity index (χ4n) is 2.22. The lowest BCUT2D eigenvalue weighted by Gasteiger charge is -2.08. The van der Waals surface area contributed by atoms with Crippen molar-refractivity contribution in [3.8, 4) is 5.75 Å². The first-order chi connectivity index (χ1) is 10.7. The summed E-state index contributed by atoms with van der Waals surface area (Å²) in [4.78, 5) is 16.6. The lowest BCUT2D eigenvalue weighted by Crippen LogP contribution is -2.21. The molecule has 3 aromatic rings. The molecule has 0 saturated carbocycles. The van der Waals surface area contributed by atoms with Gasteiger partial charge in [0.25, 0.3) is 5.56 Å². The van der Waals surface area contributed by atoms with E-state index < -0.39 is 0 Å². The number of aryl methyl sites for hydroxylation is 1. The van der Waals surface area contributed by atoms with Gasteiger partial charge in [-0.3, -0.25) is 9.36 Å². The summed E-state index contributed by atoms with van der Waals surface area (Å²) in [5.74, 6) is 0.826. The Kier molecular flexibility index (Phi) is 4.53. The van der Waals surface area contributed by atoms with Crippen LogP contribution in [0, 0.1) is 0 Å². The van der Waals surface area contributed by atoms with Gasteiger partial charge in [0, 0.05) is 11.0 Å². The third kappa shape index (κ3) is 3.36. The Hall–Kier alpha value is -2.14. The van der Waals surface area contributed by atoms with Crippen molar-refractivity contribution >= 4 is 26.8 Å². The molecule has 0 aliphatic rings. The smallest absolute Gasteiger partial charge is 0.261 e. The maximum Gasteiger partial charge on any atom is 0.261 e. The van der Waals surface area contributed by atoms with E-state index in [1.165, 1.54) is 0 Å². The second-order valence-corrected chi connectivity index (χ2v) is 5.83. The van der Waals surface area contributed by atoms with Gasteiger partial charge in [0.2, 0.25) is 0 Å². The molecule has 0 aliphatic carbocycles. The van der Waals surface area contributed by atoms with Crippen LogP contribution in [0.1, 0.15) is 6.42 Å². The third-order valence-electron chi connectivity index (χ3n) is 3.36. The Bertz CT molecular complexity index is 828. The minimum Gasteiger partial charge on any atom is -0.494 e. The molecule has 0 saturated heterocycles. The first-order valence-corrected chi connectivity index (χ1v) is 7.86. The van der Waals surface area contributed by atoms with Crippen LogP contribution in [-0.2, 0) is 6.54 Å². The number of ether oxygens (including phenoxy) is 1. The van der Waals surface area contributed by atoms with Crippen LogP contribution < -0.4 is 10.3 Å². The number of fused-ring (bicyclic) bond motifs is 1. The zero-order valence-corrected chi connectivity index (χ0v) is 13.5. The monoisotopic (exact) mass is 358 g/mol. The van der Waals surface area contributed by atoms with Crippen LogP contribution in [0.25, 0.3) is 10.9 Å². The van der Waals surface area contributed by atoms with Crippen molar-refractivity contribution in [3.05, 3.63) is 69.7 Å². The maximum atomic E-state index is 12.3. The summed E-state index contributed by atoms with van der Waals surface area (Å²) in [7, 11) is 0. The molecule has 3 rings (SSSR count). The molecule has 0 radical (unpaired) electrons. The lowest BCUT2D eigenvalue weighted by molar-refractivity contribution is 0.301. The number of hydrogen-bond acceptors (Lipinski definition) is 3. The van der Waals surface area contributed by atoms with Gasteiger partial charge >= 0.3 is 0 Å². The molecule has 2 aromatic carbocycles. The van der Waals surface area contributed by atoms with Crippen LogP contribution in [-0.4, -0.2) is 16.2 Å². The van der Waals surface area contributed by atoms with Crippen molar-refractivity contribution in [1.82, 2.24) is 9.55 Å². The number of hydrogen-bond donors (Lipinski definition) is 0. The highest BCUT2D eigenvalue weighted by Gasteiger charge is 2.03. The topological polar surface area (TPSA) is 44.1 Å². The highest BCUT2D eigenvalue weighted by atomic mass is 79.9. The van der Waals surface area contributed by atoms with E-state index in [4.69, 9.17) is 4.74 Å². The molecule has 0 fully saturated rings. The Morgan fingerprint density at radius 2 is 1.86 bits per heavy atom. The molecule has 112 valence electrons. The van der Waals surface area contributed by atoms with Gasteiger partial charge in [-0.2, -0.15) is 0 Å². The predicted molar refractivity (Wildman–Crippen MR) is 90.3 cm³/mol. The van der Waals surface area contributed by atoms with Gasteiger partial charge in [0.15, 0.2) is 0 Å². The number of rotatable bonds is 5. The molecule has 5 heteroatoms. The zero-order chi connectivity index (χ0) is 15.4. The highest BCUT2D eigenvalue weighted by molar-refractivity contribution is 9.10. The summed E-state index contributed by atoms with van der Waals surface area (Å²) < 4.78 is 8.31. The average molecular weight is 359 g/mol. The van der Waals surface area contributed by atoms with E-state index in [0.717, 1.165) is 22.2 Å². The van der Waals surface area contributed by atoms with Crippen molar-refractivity contribution in [3.63, 3.8) is 0 Å². The lowest BCUT2D eigenvalue weighted by atomic mass is 10.2. The molecular formula is C17H15BrN2O2. The van der Waals surface area contributed by atoms with E-state index in [2.05, 4.69) is 20.9 Å². The molecule has 0 unspecified atom stereocenters. The normalized spacial score (nSPS) is 10.8. The van der Waals surface area contributed by atoms with Crippen molar-refractivity contribution in [2.24, 2.45) is 0 Å². The standard InChI is InChI=1S/C17H15BrN2O2/c18-13-6-8-14(9-7-13)22-11-3-10-20-12-19-16-5-2-1-4-15(16)17(20)21/h1-2,4-9,12H,3,10-11H2. The summed E-state index contributed by atoms with van der Waals surface area (Å²) in [6.45, 7) is 1.15. The zero-order valence-electron chi connectivity index (χ0n) is 11.9. The van der Waals surface area contributed by atoms with Crippen molar-refractivity contribution in [1.29, 1.82) is 0 Å². The van der Waals surface area contributed by atoms with Crippen LogP contribution >= 0.6 is 15.9 Å². The van der Waals surface area contributed by atoms with Gasteiger partial charge in [-0.15, -0.1) is 0 Å². The van der Waals surface area contributed by atoms with Crippen LogP contribution in [0.5, 0.6) is 5.75 Å². The first-order valence-electron chi connectivity index (χ1n) is 7.06. The molecule has 0 atom stereocenters. The van der Waals surface area contributed by atoms with Crippen LogP contribution in [0.4, 0.5) is 0 Å². The second kappa shape index (κ2) is 6.75. The summed E-state index contributed by atoms with van der Waals surface area (Å²) in [5, 5.41) is 0.652. The van der Waals surface area contributed by atoms with Crippen molar-refractivity contribution in [2.75, 3.05) is 6.61 Å². The minimum absolute atomic E-state index is 0.00533. The Balaban J connectivity index is 1.61. The molecule has 0 spiro atoms. The third-order valence-corrected chi connectivity index (χ3v) is 3.89. The Morgan fingerprint density at radius 1 is 1.09 bits per heavy atom. The SMILES string of the molecule is O=c1c2ccccc2ncn1CCCOc1ccc(Br)cc1. The van der Waals surface area contributed by atoms with Crippen LogP contribution in [0.3, 0.4) is 0 Å². The quantitative estimate of drug-likeness (QED) is 0.654. The highest BCUT2D eigenvalue weighted by Crippen LogP contribution is 2.16. The number of aromatic nitrogens is 2. The number of benzene rings is 2. The van der Waals surface area contributed by atoms with Gasteiger partial charge in [0.1, 0.15) is 5.75 Å². The van der Waals surface area contributed by atoms with Gasteiger partial charge < -0.3 is 4.74 Å². The Morgan fingerprint density at radius 3 is 2.68 bits per heavy atom. The molecule has 1 aromatic heterocycles. The Labute approximate surface area is 136 Å². The molecule has 0 amide bonds. The molecule has 4 nitrogen and oxygen atoms in total. The van der Waals surface area contributed by atoms with E-state index >= 15 is 0 Å². The largest absolute Gasteiger partial charge is 0.494 e. The summed E-state index contributed by atoms with van der Waals surface area (Å²) in [6, 6.07) is 15.1. The molecule has 1 heterocycles. The van der Waals surface area contributed by atoms with E-state index in [9.17, 15) is 4.79 Å². The molecule has 22 heavy (non-hydrogen) atoms. The molecule has 0 bridgehead atoms. The number of para-hydroxylation sites is 1. The average Bonchev–Trinajstić information content (AvgIpc) is 2.55. The fraction of sp³-hybridized carbons (Fsp3) is 0.176. The maximum absolute atomic E-state index is 12.3. The van der Waals surface area contributed by atoms with Crippen LogP contribution in [0.2, 0.25) is 0 Å². The summed E-state index contributed by atoms with van der Waals surface area (Å²) in [5.41, 5.74) is 0.726. The van der Waals surface area contributed by atoms with Gasteiger partial charge in [-0.05, 0) is 42.8 Å². The van der Waals surface area contributed by atoms with E-state index in [1.807, 2.05) is 42.5 Å². The molecular weight excluding hydrogens is 344 g/mol. The predicted octanol–water partition coefficient (Wildman–Crippen LogP) is 3.63. The van der Waals surface area contributed by atoms with Crippen molar-refractivity contribution in [2.45, 2.75) is 13.0 Å². The first kappa shape index (κ1) is 14.8. The molecule has 0 N–H and O–H groups in total. The number of halogens is 1. The second-order valence-electron chi connectivity index (χ2n) is 4.92. The van der Waals surface area contributed by atoms with Gasteiger partial charge in [-0.25, -0.2) is 4.98 Å². The van der Waals surface area contributed by atoms with Crippen LogP contribution in [0.15, 0.2) is 64.1 Å². The summed E-state index contributed by atoms with van der Waals surface area (Å²) in [6.07, 6.45) is 2.35. The summed E-state index contributed by atoms with van der Waals surface area (Å²) >= 11 is 3.38. The van der Waals surface area contributed by atoms with E-state index in [1.54, 1.807) is 17.0 Å². The van der Waals surface area contributed by atoms with E-state index in [-0.39, 0.29) is 5.56 Å². The number of nitrogens with zero attached hydrogens (tertiary/aromatic N) is 2.